The van der Waals surface area contributed by atoms with E-state index in [-0.39, 0.29) is 0 Å². The quantitative estimate of drug-likeness (QED) is 0.846. The Balaban J connectivity index is 1.46. The van der Waals surface area contributed by atoms with Crippen LogP contribution in [0.25, 0.3) is 0 Å². The third kappa shape index (κ3) is 2.33. The van der Waals surface area contributed by atoms with E-state index in [0.717, 1.165) is 17.9 Å². The molecule has 1 aliphatic heterocycles. The molecule has 1 saturated heterocycles. The van der Waals surface area contributed by atoms with E-state index in [1.807, 2.05) is 0 Å². The lowest BCUT2D eigenvalue weighted by Gasteiger charge is -2.40. The summed E-state index contributed by atoms with van der Waals surface area (Å²) in [6, 6.07) is 0.780. The molecule has 1 N–H and O–H groups in total. The third-order valence-corrected chi connectivity index (χ3v) is 7.58. The fourth-order valence-electron chi connectivity index (χ4n) is 5.32. The zero-order valence-corrected chi connectivity index (χ0v) is 14.0. The van der Waals surface area contributed by atoms with Gasteiger partial charge in [0.25, 0.3) is 0 Å². The molecule has 3 aliphatic rings. The molecule has 2 aliphatic carbocycles. The Morgan fingerprint density at radius 3 is 2.35 bits per heavy atom. The first-order valence-electron chi connectivity index (χ1n) is 8.85. The van der Waals surface area contributed by atoms with Crippen molar-refractivity contribution >= 4 is 0 Å². The van der Waals surface area contributed by atoms with Gasteiger partial charge in [0.15, 0.2) is 0 Å². The molecule has 2 heteroatoms. The van der Waals surface area contributed by atoms with E-state index in [1.165, 1.54) is 58.2 Å². The number of piperidine rings is 1. The molecule has 3 fully saturated rings. The monoisotopic (exact) mass is 278 g/mol. The minimum atomic E-state index is 0.546. The molecule has 2 saturated carbocycles. The average Bonchev–Trinajstić information content (AvgIpc) is 2.74. The predicted octanol–water partition coefficient (Wildman–Crippen LogP) is 3.52. The van der Waals surface area contributed by atoms with E-state index in [9.17, 15) is 0 Å². The van der Waals surface area contributed by atoms with Crippen molar-refractivity contribution in [2.45, 2.75) is 65.3 Å². The number of hydrogen-bond acceptors (Lipinski definition) is 2. The lowest BCUT2D eigenvalue weighted by Crippen LogP contribution is -2.45. The van der Waals surface area contributed by atoms with Crippen LogP contribution in [0, 0.1) is 22.7 Å². The van der Waals surface area contributed by atoms with Gasteiger partial charge in [0.2, 0.25) is 0 Å². The summed E-state index contributed by atoms with van der Waals surface area (Å²) in [6.07, 6.45) is 8.55. The smallest absolute Gasteiger partial charge is 0.0129 e. The molecule has 1 heterocycles. The van der Waals surface area contributed by atoms with Gasteiger partial charge in [0.1, 0.15) is 0 Å². The fourth-order valence-corrected chi connectivity index (χ4v) is 5.32. The molecule has 20 heavy (non-hydrogen) atoms. The van der Waals surface area contributed by atoms with Crippen molar-refractivity contribution in [2.24, 2.45) is 22.7 Å². The van der Waals surface area contributed by atoms with Gasteiger partial charge in [-0.1, -0.05) is 20.8 Å². The van der Waals surface area contributed by atoms with Crippen LogP contribution in [0.2, 0.25) is 0 Å². The molecule has 0 amide bonds. The lowest BCUT2D eigenvalue weighted by molar-refractivity contribution is 0.119. The van der Waals surface area contributed by atoms with Gasteiger partial charge in [-0.05, 0) is 87.9 Å². The molecule has 116 valence electrons. The van der Waals surface area contributed by atoms with Crippen LogP contribution in [0.5, 0.6) is 0 Å². The molecular formula is C18H34N2. The topological polar surface area (TPSA) is 15.3 Å². The van der Waals surface area contributed by atoms with Crippen LogP contribution in [0.3, 0.4) is 0 Å². The molecule has 3 unspecified atom stereocenters. The highest BCUT2D eigenvalue weighted by Crippen LogP contribution is 2.65. The Hall–Kier alpha value is -0.0800. The summed E-state index contributed by atoms with van der Waals surface area (Å²) in [4.78, 5) is 2.48. The highest BCUT2D eigenvalue weighted by molar-refractivity contribution is 5.12. The number of fused-ring (bicyclic) bond motifs is 2. The highest BCUT2D eigenvalue weighted by Gasteiger charge is 2.60. The Labute approximate surface area is 125 Å². The summed E-state index contributed by atoms with van der Waals surface area (Å²) in [5.41, 5.74) is 1.10. The summed E-state index contributed by atoms with van der Waals surface area (Å²) < 4.78 is 0. The normalized spacial score (nSPS) is 41.4. The second kappa shape index (κ2) is 5.28. The number of likely N-dealkylation sites (tertiary alicyclic amines) is 1. The molecule has 0 aromatic heterocycles. The standard InChI is InChI=1S/C18H34N2/c1-17(2)15-5-9-18(17,3)16(13-15)19-10-6-14-7-11-20(4)12-8-14/h14-16,19H,5-13H2,1-4H3. The maximum Gasteiger partial charge on any atom is 0.0129 e. The van der Waals surface area contributed by atoms with E-state index in [1.54, 1.807) is 0 Å². The first kappa shape index (κ1) is 14.8. The SMILES string of the molecule is CN1CCC(CCNC2CC3CCC2(C)C3(C)C)CC1. The maximum atomic E-state index is 3.95. The van der Waals surface area contributed by atoms with Crippen LogP contribution >= 0.6 is 0 Å². The van der Waals surface area contributed by atoms with E-state index >= 15 is 0 Å². The van der Waals surface area contributed by atoms with Crippen LogP contribution in [0.1, 0.15) is 59.3 Å². The first-order chi connectivity index (χ1) is 9.43. The zero-order chi connectivity index (χ0) is 14.4. The Bertz CT molecular complexity index is 343. The van der Waals surface area contributed by atoms with Crippen molar-refractivity contribution in [1.82, 2.24) is 10.2 Å². The van der Waals surface area contributed by atoms with Crippen molar-refractivity contribution in [2.75, 3.05) is 26.7 Å². The second-order valence-electron chi connectivity index (χ2n) is 8.65. The van der Waals surface area contributed by atoms with E-state index < -0.39 is 0 Å². The average molecular weight is 278 g/mol. The highest BCUT2D eigenvalue weighted by atomic mass is 15.1. The van der Waals surface area contributed by atoms with Gasteiger partial charge in [0.05, 0.1) is 0 Å². The minimum absolute atomic E-state index is 0.546. The van der Waals surface area contributed by atoms with Crippen molar-refractivity contribution in [3.63, 3.8) is 0 Å². The van der Waals surface area contributed by atoms with Crippen molar-refractivity contribution in [3.05, 3.63) is 0 Å². The van der Waals surface area contributed by atoms with Gasteiger partial charge in [-0.3, -0.25) is 0 Å². The minimum Gasteiger partial charge on any atom is -0.313 e. The van der Waals surface area contributed by atoms with E-state index in [4.69, 9.17) is 0 Å². The van der Waals surface area contributed by atoms with Crippen molar-refractivity contribution < 1.29 is 0 Å². The zero-order valence-electron chi connectivity index (χ0n) is 14.0. The molecule has 0 aromatic rings. The Morgan fingerprint density at radius 2 is 1.80 bits per heavy atom. The summed E-state index contributed by atoms with van der Waals surface area (Å²) in [5.74, 6) is 1.94. The molecule has 3 atom stereocenters. The van der Waals surface area contributed by atoms with Crippen molar-refractivity contribution in [1.29, 1.82) is 0 Å². The van der Waals surface area contributed by atoms with Gasteiger partial charge in [0, 0.05) is 6.04 Å². The summed E-state index contributed by atoms with van der Waals surface area (Å²) >= 11 is 0. The van der Waals surface area contributed by atoms with Crippen LogP contribution in [-0.2, 0) is 0 Å². The number of nitrogens with zero attached hydrogens (tertiary/aromatic N) is 1. The summed E-state index contributed by atoms with van der Waals surface area (Å²) in [7, 11) is 2.26. The number of hydrogen-bond donors (Lipinski definition) is 1. The molecule has 0 radical (unpaired) electrons. The van der Waals surface area contributed by atoms with Gasteiger partial charge < -0.3 is 10.2 Å². The molecule has 0 spiro atoms. The molecule has 3 rings (SSSR count). The van der Waals surface area contributed by atoms with Crippen LogP contribution in [-0.4, -0.2) is 37.6 Å². The lowest BCUT2D eigenvalue weighted by atomic mass is 9.69. The molecule has 0 aromatic carbocycles. The van der Waals surface area contributed by atoms with Gasteiger partial charge in [-0.25, -0.2) is 0 Å². The van der Waals surface area contributed by atoms with Gasteiger partial charge in [-0.15, -0.1) is 0 Å². The molecule has 2 nitrogen and oxygen atoms in total. The second-order valence-corrected chi connectivity index (χ2v) is 8.65. The maximum absolute atomic E-state index is 3.95. The Kier molecular flexibility index (Phi) is 3.92. The summed E-state index contributed by atoms with van der Waals surface area (Å²) in [6.45, 7) is 11.4. The van der Waals surface area contributed by atoms with Crippen LogP contribution in [0.15, 0.2) is 0 Å². The fraction of sp³-hybridized carbons (Fsp3) is 1.00. The number of rotatable bonds is 4. The van der Waals surface area contributed by atoms with Crippen molar-refractivity contribution in [3.8, 4) is 0 Å². The first-order valence-corrected chi connectivity index (χ1v) is 8.85. The van der Waals surface area contributed by atoms with Crippen LogP contribution < -0.4 is 5.32 Å². The number of nitrogens with one attached hydrogen (secondary N) is 1. The van der Waals surface area contributed by atoms with Crippen LogP contribution in [0.4, 0.5) is 0 Å². The third-order valence-electron chi connectivity index (χ3n) is 7.58. The van der Waals surface area contributed by atoms with Gasteiger partial charge in [-0.2, -0.15) is 0 Å². The van der Waals surface area contributed by atoms with E-state index in [0.29, 0.717) is 10.8 Å². The molecule has 2 bridgehead atoms. The Morgan fingerprint density at radius 1 is 1.10 bits per heavy atom. The largest absolute Gasteiger partial charge is 0.313 e. The molecular weight excluding hydrogens is 244 g/mol. The summed E-state index contributed by atoms with van der Waals surface area (Å²) in [5, 5.41) is 3.95. The van der Waals surface area contributed by atoms with E-state index in [2.05, 4.69) is 38.0 Å². The predicted molar refractivity (Wildman–Crippen MR) is 85.9 cm³/mol. The van der Waals surface area contributed by atoms with Gasteiger partial charge >= 0.3 is 0 Å².